The maximum Gasteiger partial charge on any atom is 0.0672 e. The van der Waals surface area contributed by atoms with Gasteiger partial charge in [-0.1, -0.05) is 24.3 Å². The Labute approximate surface area is 155 Å². The van der Waals surface area contributed by atoms with Gasteiger partial charge >= 0.3 is 0 Å². The second-order valence-electron chi connectivity index (χ2n) is 7.43. The Morgan fingerprint density at radius 1 is 1.08 bits per heavy atom. The highest BCUT2D eigenvalue weighted by molar-refractivity contribution is 5.62. The fraction of sp³-hybridized carbons (Fsp3) is 0.364. The molecule has 0 fully saturated rings. The van der Waals surface area contributed by atoms with Gasteiger partial charge in [0, 0.05) is 43.6 Å². The number of benzene rings is 1. The van der Waals surface area contributed by atoms with E-state index in [9.17, 15) is 0 Å². The van der Waals surface area contributed by atoms with E-state index in [1.54, 1.807) is 0 Å². The molecule has 0 aliphatic heterocycles. The summed E-state index contributed by atoms with van der Waals surface area (Å²) in [6, 6.07) is 13.8. The van der Waals surface area contributed by atoms with Gasteiger partial charge in [-0.05, 0) is 61.1 Å². The minimum absolute atomic E-state index is 0.436. The van der Waals surface area contributed by atoms with Crippen LogP contribution in [0.15, 0.2) is 55.0 Å². The van der Waals surface area contributed by atoms with Crippen molar-refractivity contribution < 1.29 is 0 Å². The van der Waals surface area contributed by atoms with Gasteiger partial charge in [-0.25, -0.2) is 0 Å². The van der Waals surface area contributed by atoms with E-state index in [0.717, 1.165) is 19.4 Å². The van der Waals surface area contributed by atoms with Crippen molar-refractivity contribution >= 4 is 0 Å². The molecule has 0 spiro atoms. The van der Waals surface area contributed by atoms with Crippen molar-refractivity contribution in [2.45, 2.75) is 51.7 Å². The third-order valence-electron chi connectivity index (χ3n) is 5.19. The average molecular weight is 346 g/mol. The maximum absolute atomic E-state index is 4.77. The van der Waals surface area contributed by atoms with Crippen LogP contribution in [-0.2, 0) is 19.4 Å². The Morgan fingerprint density at radius 3 is 2.54 bits per heavy atom. The Balaban J connectivity index is 1.36. The Kier molecular flexibility index (Phi) is 4.85. The highest BCUT2D eigenvalue weighted by Crippen LogP contribution is 2.22. The average Bonchev–Trinajstić information content (AvgIpc) is 3.11. The quantitative estimate of drug-likeness (QED) is 0.754. The van der Waals surface area contributed by atoms with Gasteiger partial charge in [0.25, 0.3) is 0 Å². The van der Waals surface area contributed by atoms with Gasteiger partial charge in [-0.2, -0.15) is 5.10 Å². The second kappa shape index (κ2) is 7.42. The zero-order valence-electron chi connectivity index (χ0n) is 15.5. The maximum atomic E-state index is 4.77. The number of fused-ring (bicyclic) bond motifs is 1. The molecule has 26 heavy (non-hydrogen) atoms. The molecule has 4 rings (SSSR count). The number of hydrogen-bond acceptors (Lipinski definition) is 3. The highest BCUT2D eigenvalue weighted by Gasteiger charge is 2.21. The summed E-state index contributed by atoms with van der Waals surface area (Å²) >= 11 is 0. The molecule has 2 aromatic heterocycles. The number of aryl methyl sites for hydroxylation is 1. The summed E-state index contributed by atoms with van der Waals surface area (Å²) in [5.74, 6) is 0. The van der Waals surface area contributed by atoms with Crippen LogP contribution in [0.1, 0.15) is 43.1 Å². The van der Waals surface area contributed by atoms with Gasteiger partial charge < -0.3 is 5.32 Å². The predicted molar refractivity (Wildman–Crippen MR) is 105 cm³/mol. The van der Waals surface area contributed by atoms with E-state index in [4.69, 9.17) is 5.10 Å². The van der Waals surface area contributed by atoms with E-state index in [-0.39, 0.29) is 0 Å². The van der Waals surface area contributed by atoms with Crippen LogP contribution in [0.25, 0.3) is 11.1 Å². The summed E-state index contributed by atoms with van der Waals surface area (Å²) in [6.45, 7) is 5.27. The fourth-order valence-electron chi connectivity index (χ4n) is 3.57. The Bertz CT molecular complexity index is 850. The van der Waals surface area contributed by atoms with E-state index >= 15 is 0 Å². The number of pyridine rings is 1. The third kappa shape index (κ3) is 3.70. The number of rotatable bonds is 5. The topological polar surface area (TPSA) is 42.7 Å². The molecule has 0 saturated carbocycles. The lowest BCUT2D eigenvalue weighted by Crippen LogP contribution is -2.34. The van der Waals surface area contributed by atoms with Gasteiger partial charge in [0.2, 0.25) is 0 Å². The Morgan fingerprint density at radius 2 is 1.81 bits per heavy atom. The molecule has 1 unspecified atom stereocenters. The van der Waals surface area contributed by atoms with E-state index in [1.807, 2.05) is 24.5 Å². The Hall–Kier alpha value is -2.46. The minimum Gasteiger partial charge on any atom is -0.310 e. The van der Waals surface area contributed by atoms with Crippen molar-refractivity contribution in [2.75, 3.05) is 0 Å². The van der Waals surface area contributed by atoms with Crippen molar-refractivity contribution in [3.63, 3.8) is 0 Å². The summed E-state index contributed by atoms with van der Waals surface area (Å²) in [5.41, 5.74) is 6.47. The van der Waals surface area contributed by atoms with Crippen LogP contribution in [0.2, 0.25) is 0 Å². The summed E-state index contributed by atoms with van der Waals surface area (Å²) in [6.07, 6.45) is 9.25. The molecule has 134 valence electrons. The fourth-order valence-corrected chi connectivity index (χ4v) is 3.57. The monoisotopic (exact) mass is 346 g/mol. The normalized spacial score (nSPS) is 16.7. The van der Waals surface area contributed by atoms with E-state index in [0.29, 0.717) is 12.1 Å². The number of nitrogens with zero attached hydrogens (tertiary/aromatic N) is 3. The van der Waals surface area contributed by atoms with Crippen LogP contribution < -0.4 is 5.32 Å². The van der Waals surface area contributed by atoms with Gasteiger partial charge in [0.15, 0.2) is 0 Å². The van der Waals surface area contributed by atoms with Crippen LogP contribution in [0.5, 0.6) is 0 Å². The molecule has 4 heteroatoms. The number of hydrogen-bond donors (Lipinski definition) is 1. The molecule has 1 aliphatic rings. The summed E-state index contributed by atoms with van der Waals surface area (Å²) in [4.78, 5) is 4.08. The minimum atomic E-state index is 0.436. The molecule has 0 radical (unpaired) electrons. The van der Waals surface area contributed by atoms with Gasteiger partial charge in [-0.3, -0.25) is 9.67 Å². The van der Waals surface area contributed by atoms with Gasteiger partial charge in [0.05, 0.1) is 5.69 Å². The standard InChI is InChI=1S/C22H26N4/c1-16(2)26-15-20-7-8-21(13-22(20)25-26)24-14-17-3-5-18(6-4-17)19-9-11-23-12-10-19/h3-6,9-12,15-16,21,24H,7-8,13-14H2,1-2H3. The molecule has 1 aromatic carbocycles. The van der Waals surface area contributed by atoms with Crippen LogP contribution >= 0.6 is 0 Å². The van der Waals surface area contributed by atoms with Gasteiger partial charge in [0.1, 0.15) is 0 Å². The van der Waals surface area contributed by atoms with Crippen LogP contribution in [-0.4, -0.2) is 20.8 Å². The first-order chi connectivity index (χ1) is 12.7. The molecule has 3 aromatic rings. The first kappa shape index (κ1) is 17.0. The van der Waals surface area contributed by atoms with Crippen molar-refractivity contribution in [1.29, 1.82) is 0 Å². The molecule has 2 heterocycles. The van der Waals surface area contributed by atoms with E-state index in [1.165, 1.54) is 34.4 Å². The number of nitrogens with one attached hydrogen (secondary N) is 1. The van der Waals surface area contributed by atoms with Crippen molar-refractivity contribution in [1.82, 2.24) is 20.1 Å². The second-order valence-corrected chi connectivity index (χ2v) is 7.43. The molecule has 1 atom stereocenters. The zero-order valence-corrected chi connectivity index (χ0v) is 15.5. The first-order valence-electron chi connectivity index (χ1n) is 9.48. The summed E-state index contributed by atoms with van der Waals surface area (Å²) in [7, 11) is 0. The summed E-state index contributed by atoms with van der Waals surface area (Å²) < 4.78 is 2.10. The van der Waals surface area contributed by atoms with Crippen LogP contribution in [0.3, 0.4) is 0 Å². The molecule has 1 aliphatic carbocycles. The van der Waals surface area contributed by atoms with E-state index < -0.39 is 0 Å². The third-order valence-corrected chi connectivity index (χ3v) is 5.19. The van der Waals surface area contributed by atoms with Crippen molar-refractivity contribution in [2.24, 2.45) is 0 Å². The molecule has 0 bridgehead atoms. The SMILES string of the molecule is CC(C)n1cc2c(n1)CC(NCc1ccc(-c3ccncc3)cc1)CC2. The first-order valence-corrected chi connectivity index (χ1v) is 9.48. The highest BCUT2D eigenvalue weighted by atomic mass is 15.3. The molecular weight excluding hydrogens is 320 g/mol. The smallest absolute Gasteiger partial charge is 0.0672 e. The molecular formula is C22H26N4. The molecule has 0 saturated heterocycles. The largest absolute Gasteiger partial charge is 0.310 e. The lowest BCUT2D eigenvalue weighted by Gasteiger charge is -2.22. The lowest BCUT2D eigenvalue weighted by molar-refractivity contribution is 0.449. The van der Waals surface area contributed by atoms with Crippen LogP contribution in [0.4, 0.5) is 0 Å². The van der Waals surface area contributed by atoms with Crippen molar-refractivity contribution in [3.8, 4) is 11.1 Å². The number of aromatic nitrogens is 3. The predicted octanol–water partition coefficient (Wildman–Crippen LogP) is 4.17. The summed E-state index contributed by atoms with van der Waals surface area (Å²) in [5, 5.41) is 8.49. The molecule has 0 amide bonds. The van der Waals surface area contributed by atoms with Crippen molar-refractivity contribution in [3.05, 3.63) is 71.8 Å². The lowest BCUT2D eigenvalue weighted by atomic mass is 9.93. The molecule has 1 N–H and O–H groups in total. The molecule has 4 nitrogen and oxygen atoms in total. The van der Waals surface area contributed by atoms with E-state index in [2.05, 4.69) is 59.3 Å². The van der Waals surface area contributed by atoms with Gasteiger partial charge in [-0.15, -0.1) is 0 Å². The zero-order chi connectivity index (χ0) is 17.9. The van der Waals surface area contributed by atoms with Crippen LogP contribution in [0, 0.1) is 0 Å².